The molecule has 4 rings (SSSR count). The molecule has 1 aliphatic carbocycles. The fourth-order valence-corrected chi connectivity index (χ4v) is 5.09. The zero-order chi connectivity index (χ0) is 26.0. The van der Waals surface area contributed by atoms with E-state index in [0.29, 0.717) is 34.8 Å². The van der Waals surface area contributed by atoms with Crippen molar-refractivity contribution in [1.29, 1.82) is 0 Å². The van der Waals surface area contributed by atoms with E-state index in [9.17, 15) is 14.0 Å². The molecule has 1 heterocycles. The minimum absolute atomic E-state index is 0.0645. The van der Waals surface area contributed by atoms with Gasteiger partial charge in [0.2, 0.25) is 0 Å². The molecule has 7 heteroatoms. The number of ketones is 1. The summed E-state index contributed by atoms with van der Waals surface area (Å²) in [6, 6.07) is 11.6. The summed E-state index contributed by atoms with van der Waals surface area (Å²) < 4.78 is 30.4. The molecule has 36 heavy (non-hydrogen) atoms. The van der Waals surface area contributed by atoms with Crippen molar-refractivity contribution < 1.29 is 28.2 Å². The SMILES string of the molecule is CCOC(=O)C1=C(C)NC2=CC(C)(C)CC(=O)C2C1c1ccc(OCc2cccc(F)c2)c(OC)c1. The molecule has 0 aromatic heterocycles. The summed E-state index contributed by atoms with van der Waals surface area (Å²) >= 11 is 0. The van der Waals surface area contributed by atoms with Gasteiger partial charge in [-0.3, -0.25) is 4.79 Å². The van der Waals surface area contributed by atoms with E-state index in [2.05, 4.69) is 11.4 Å². The molecule has 2 atom stereocenters. The van der Waals surface area contributed by atoms with Gasteiger partial charge < -0.3 is 19.5 Å². The van der Waals surface area contributed by atoms with Gasteiger partial charge in [-0.1, -0.05) is 38.1 Å². The maximum atomic E-state index is 13.5. The van der Waals surface area contributed by atoms with E-state index < -0.39 is 17.8 Å². The van der Waals surface area contributed by atoms with Crippen molar-refractivity contribution >= 4 is 11.8 Å². The molecule has 6 nitrogen and oxygen atoms in total. The number of fused-ring (bicyclic) bond motifs is 1. The quantitative estimate of drug-likeness (QED) is 0.518. The van der Waals surface area contributed by atoms with Gasteiger partial charge in [0, 0.05) is 23.7 Å². The Kier molecular flexibility index (Phi) is 7.20. The predicted octanol–water partition coefficient (Wildman–Crippen LogP) is 5.44. The lowest BCUT2D eigenvalue weighted by Crippen LogP contribution is -2.43. The Morgan fingerprint density at radius 2 is 1.92 bits per heavy atom. The first-order valence-corrected chi connectivity index (χ1v) is 12.1. The maximum Gasteiger partial charge on any atom is 0.336 e. The number of nitrogens with one attached hydrogen (secondary N) is 1. The maximum absolute atomic E-state index is 13.5. The van der Waals surface area contributed by atoms with Crippen LogP contribution in [-0.4, -0.2) is 25.5 Å². The van der Waals surface area contributed by atoms with Crippen molar-refractivity contribution in [3.63, 3.8) is 0 Å². The summed E-state index contributed by atoms with van der Waals surface area (Å²) in [6.07, 6.45) is 2.46. The van der Waals surface area contributed by atoms with E-state index in [0.717, 1.165) is 11.3 Å². The topological polar surface area (TPSA) is 73.9 Å². The molecule has 2 aliphatic rings. The molecule has 1 aliphatic heterocycles. The highest BCUT2D eigenvalue weighted by Crippen LogP contribution is 2.48. The van der Waals surface area contributed by atoms with Crippen LogP contribution in [-0.2, 0) is 20.9 Å². The number of methoxy groups -OCH3 is 1. The summed E-state index contributed by atoms with van der Waals surface area (Å²) in [4.78, 5) is 26.5. The van der Waals surface area contributed by atoms with Crippen molar-refractivity contribution in [3.8, 4) is 11.5 Å². The van der Waals surface area contributed by atoms with Gasteiger partial charge in [-0.2, -0.15) is 0 Å². The Balaban J connectivity index is 1.74. The van der Waals surface area contributed by atoms with Crippen molar-refractivity contribution in [3.05, 3.63) is 82.5 Å². The molecule has 2 aromatic carbocycles. The molecule has 1 N–H and O–H groups in total. The Morgan fingerprint density at radius 3 is 2.61 bits per heavy atom. The number of allylic oxidation sites excluding steroid dienone is 3. The third kappa shape index (κ3) is 5.15. The smallest absolute Gasteiger partial charge is 0.336 e. The number of hydrogen-bond donors (Lipinski definition) is 1. The van der Waals surface area contributed by atoms with Crippen molar-refractivity contribution in [2.24, 2.45) is 11.3 Å². The standard InChI is InChI=1S/C29H32FNO5/c1-6-35-28(33)25-17(2)31-21-14-29(3,4)15-22(32)27(21)26(25)19-10-11-23(24(13-19)34-5)36-16-18-8-7-9-20(30)12-18/h7-14,26-27,31H,6,15-16H2,1-5H3. The average molecular weight is 494 g/mol. The van der Waals surface area contributed by atoms with E-state index in [-0.39, 0.29) is 30.2 Å². The fraction of sp³-hybridized carbons (Fsp3) is 0.379. The highest BCUT2D eigenvalue weighted by molar-refractivity contribution is 5.96. The number of hydrogen-bond acceptors (Lipinski definition) is 6. The van der Waals surface area contributed by atoms with E-state index in [1.54, 1.807) is 31.2 Å². The van der Waals surface area contributed by atoms with Gasteiger partial charge in [0.15, 0.2) is 11.5 Å². The lowest BCUT2D eigenvalue weighted by molar-refractivity contribution is -0.139. The summed E-state index contributed by atoms with van der Waals surface area (Å²) in [6.45, 7) is 8.03. The Morgan fingerprint density at radius 1 is 1.14 bits per heavy atom. The van der Waals surface area contributed by atoms with Crippen LogP contribution in [0.2, 0.25) is 0 Å². The van der Waals surface area contributed by atoms with E-state index >= 15 is 0 Å². The normalized spacial score (nSPS) is 20.7. The van der Waals surface area contributed by atoms with Gasteiger partial charge in [0.05, 0.1) is 25.2 Å². The first-order valence-electron chi connectivity index (χ1n) is 12.1. The second kappa shape index (κ2) is 10.2. The molecule has 0 spiro atoms. The number of halogens is 1. The molecule has 0 radical (unpaired) electrons. The molecule has 0 saturated heterocycles. The zero-order valence-corrected chi connectivity index (χ0v) is 21.3. The van der Waals surface area contributed by atoms with Crippen LogP contribution in [0, 0.1) is 17.2 Å². The number of benzene rings is 2. The van der Waals surface area contributed by atoms with Gasteiger partial charge in [0.25, 0.3) is 0 Å². The zero-order valence-electron chi connectivity index (χ0n) is 21.3. The number of carbonyl (C=O) groups is 2. The van der Waals surface area contributed by atoms with Crippen LogP contribution in [0.1, 0.15) is 51.2 Å². The molecule has 2 aromatic rings. The number of esters is 1. The number of ether oxygens (including phenoxy) is 3. The van der Waals surface area contributed by atoms with Crippen molar-refractivity contribution in [2.45, 2.75) is 46.6 Å². The Bertz CT molecular complexity index is 1250. The summed E-state index contributed by atoms with van der Waals surface area (Å²) in [5.74, 6) is -0.857. The second-order valence-corrected chi connectivity index (χ2v) is 9.90. The van der Waals surface area contributed by atoms with Gasteiger partial charge in [-0.15, -0.1) is 0 Å². The molecule has 2 unspecified atom stereocenters. The van der Waals surface area contributed by atoms with Gasteiger partial charge in [-0.25, -0.2) is 9.18 Å². The first kappa shape index (κ1) is 25.5. The van der Waals surface area contributed by atoms with E-state index in [1.165, 1.54) is 19.2 Å². The molecule has 0 fully saturated rings. The Labute approximate surface area is 211 Å². The van der Waals surface area contributed by atoms with Crippen LogP contribution < -0.4 is 14.8 Å². The predicted molar refractivity (Wildman–Crippen MR) is 134 cm³/mol. The van der Waals surface area contributed by atoms with Gasteiger partial charge in [-0.05, 0) is 54.7 Å². The van der Waals surface area contributed by atoms with Crippen LogP contribution in [0.5, 0.6) is 11.5 Å². The van der Waals surface area contributed by atoms with Crippen LogP contribution >= 0.6 is 0 Å². The van der Waals surface area contributed by atoms with Crippen LogP contribution in [0.15, 0.2) is 65.5 Å². The summed E-state index contributed by atoms with van der Waals surface area (Å²) in [5, 5.41) is 3.31. The first-order chi connectivity index (χ1) is 17.1. The molecular formula is C29H32FNO5. The van der Waals surface area contributed by atoms with Crippen LogP contribution in [0.4, 0.5) is 4.39 Å². The number of Topliss-reactive ketones (excluding diaryl/α,β-unsaturated/α-hetero) is 1. The Hall–Kier alpha value is -3.61. The minimum Gasteiger partial charge on any atom is -0.493 e. The van der Waals surface area contributed by atoms with Crippen molar-refractivity contribution in [1.82, 2.24) is 5.32 Å². The third-order valence-electron chi connectivity index (χ3n) is 6.56. The lowest BCUT2D eigenvalue weighted by Gasteiger charge is -2.41. The molecular weight excluding hydrogens is 461 g/mol. The molecule has 190 valence electrons. The molecule has 0 bridgehead atoms. The third-order valence-corrected chi connectivity index (χ3v) is 6.56. The number of carbonyl (C=O) groups excluding carboxylic acids is 2. The van der Waals surface area contributed by atoms with Gasteiger partial charge in [0.1, 0.15) is 18.2 Å². The fourth-order valence-electron chi connectivity index (χ4n) is 5.09. The van der Waals surface area contributed by atoms with Crippen molar-refractivity contribution in [2.75, 3.05) is 13.7 Å². The second-order valence-electron chi connectivity index (χ2n) is 9.90. The van der Waals surface area contributed by atoms with Crippen LogP contribution in [0.3, 0.4) is 0 Å². The highest BCUT2D eigenvalue weighted by Gasteiger charge is 2.46. The largest absolute Gasteiger partial charge is 0.493 e. The van der Waals surface area contributed by atoms with E-state index in [4.69, 9.17) is 14.2 Å². The average Bonchev–Trinajstić information content (AvgIpc) is 2.81. The lowest BCUT2D eigenvalue weighted by atomic mass is 9.66. The van der Waals surface area contributed by atoms with Gasteiger partial charge >= 0.3 is 5.97 Å². The summed E-state index contributed by atoms with van der Waals surface area (Å²) in [5.41, 5.74) is 3.05. The summed E-state index contributed by atoms with van der Waals surface area (Å²) in [7, 11) is 1.53. The number of rotatable bonds is 7. The minimum atomic E-state index is -0.537. The van der Waals surface area contributed by atoms with Crippen LogP contribution in [0.25, 0.3) is 0 Å². The monoisotopic (exact) mass is 493 g/mol. The van der Waals surface area contributed by atoms with E-state index in [1.807, 2.05) is 26.8 Å². The molecule has 0 saturated carbocycles. The highest BCUT2D eigenvalue weighted by atomic mass is 19.1. The molecule has 0 amide bonds.